The minimum absolute atomic E-state index is 0.0648. The van der Waals surface area contributed by atoms with Crippen LogP contribution < -0.4 is 16.8 Å². The molecule has 0 aromatic heterocycles. The molecular formula is C15H22N4O2. The fraction of sp³-hybridized carbons (Fsp3) is 0.467. The first-order chi connectivity index (χ1) is 10.1. The Labute approximate surface area is 124 Å². The molecule has 1 aromatic rings. The number of amides is 3. The summed E-state index contributed by atoms with van der Waals surface area (Å²) < 4.78 is 0. The maximum Gasteiger partial charge on any atom is 0.312 e. The molecule has 2 rings (SSSR count). The lowest BCUT2D eigenvalue weighted by atomic mass is 9.96. The number of hydrogen-bond donors (Lipinski definition) is 3. The number of rotatable bonds is 4. The highest BCUT2D eigenvalue weighted by Crippen LogP contribution is 2.20. The standard InChI is InChI=1S/C15H22N4O2/c16-13(12-6-2-1-3-7-12)14(20)19-8-4-5-11(10-19)9-18-15(17)21/h1-3,6-7,11,13H,4-5,8-10,16H2,(H3,17,18,21)/t11?,13-/m1/s1. The summed E-state index contributed by atoms with van der Waals surface area (Å²) in [4.78, 5) is 25.0. The largest absolute Gasteiger partial charge is 0.352 e. The number of nitrogens with two attached hydrogens (primary N) is 2. The van der Waals surface area contributed by atoms with Gasteiger partial charge in [0, 0.05) is 19.6 Å². The van der Waals surface area contributed by atoms with E-state index in [1.54, 1.807) is 4.90 Å². The van der Waals surface area contributed by atoms with Crippen LogP contribution in [-0.4, -0.2) is 36.5 Å². The van der Waals surface area contributed by atoms with Crippen molar-refractivity contribution in [1.82, 2.24) is 10.2 Å². The van der Waals surface area contributed by atoms with Crippen LogP contribution in [0, 0.1) is 5.92 Å². The number of carbonyl (C=O) groups is 2. The highest BCUT2D eigenvalue weighted by atomic mass is 16.2. The van der Waals surface area contributed by atoms with Gasteiger partial charge in [-0.15, -0.1) is 0 Å². The molecule has 0 bridgehead atoms. The zero-order chi connectivity index (χ0) is 15.2. The van der Waals surface area contributed by atoms with E-state index < -0.39 is 12.1 Å². The molecule has 3 amide bonds. The molecule has 0 aliphatic carbocycles. The molecule has 114 valence electrons. The van der Waals surface area contributed by atoms with Gasteiger partial charge in [-0.1, -0.05) is 30.3 Å². The Morgan fingerprint density at radius 2 is 2.05 bits per heavy atom. The average molecular weight is 290 g/mol. The van der Waals surface area contributed by atoms with Gasteiger partial charge in [0.1, 0.15) is 6.04 Å². The summed E-state index contributed by atoms with van der Waals surface area (Å²) in [7, 11) is 0. The number of nitrogens with zero attached hydrogens (tertiary/aromatic N) is 1. The van der Waals surface area contributed by atoms with Gasteiger partial charge in [-0.05, 0) is 24.3 Å². The van der Waals surface area contributed by atoms with Crippen molar-refractivity contribution in [2.45, 2.75) is 18.9 Å². The fourth-order valence-corrected chi connectivity index (χ4v) is 2.68. The van der Waals surface area contributed by atoms with Gasteiger partial charge in [-0.25, -0.2) is 4.79 Å². The molecule has 0 radical (unpaired) electrons. The summed E-state index contributed by atoms with van der Waals surface area (Å²) in [5, 5.41) is 2.61. The molecule has 0 spiro atoms. The minimum Gasteiger partial charge on any atom is -0.352 e. The summed E-state index contributed by atoms with van der Waals surface area (Å²) in [5.41, 5.74) is 12.0. The summed E-state index contributed by atoms with van der Waals surface area (Å²) in [5.74, 6) is 0.170. The molecule has 1 aliphatic heterocycles. The molecule has 6 nitrogen and oxygen atoms in total. The van der Waals surface area contributed by atoms with Crippen molar-refractivity contribution in [2.24, 2.45) is 17.4 Å². The normalized spacial score (nSPS) is 19.9. The Hall–Kier alpha value is -2.08. The molecule has 1 fully saturated rings. The van der Waals surface area contributed by atoms with E-state index >= 15 is 0 Å². The first-order valence-corrected chi connectivity index (χ1v) is 7.20. The van der Waals surface area contributed by atoms with E-state index in [4.69, 9.17) is 11.5 Å². The zero-order valence-corrected chi connectivity index (χ0v) is 12.0. The second-order valence-electron chi connectivity index (χ2n) is 5.43. The minimum atomic E-state index is -0.631. The van der Waals surface area contributed by atoms with Crippen molar-refractivity contribution in [1.29, 1.82) is 0 Å². The van der Waals surface area contributed by atoms with Crippen molar-refractivity contribution >= 4 is 11.9 Å². The van der Waals surface area contributed by atoms with Crippen LogP contribution in [-0.2, 0) is 4.79 Å². The second-order valence-corrected chi connectivity index (χ2v) is 5.43. The lowest BCUT2D eigenvalue weighted by Crippen LogP contribution is -2.47. The third-order valence-corrected chi connectivity index (χ3v) is 3.82. The van der Waals surface area contributed by atoms with Crippen molar-refractivity contribution in [3.63, 3.8) is 0 Å². The molecule has 0 saturated carbocycles. The molecule has 21 heavy (non-hydrogen) atoms. The van der Waals surface area contributed by atoms with Gasteiger partial charge in [0.2, 0.25) is 5.91 Å². The number of carbonyl (C=O) groups excluding carboxylic acids is 2. The Bertz CT molecular complexity index is 492. The Morgan fingerprint density at radius 3 is 2.71 bits per heavy atom. The van der Waals surface area contributed by atoms with Gasteiger partial charge in [0.15, 0.2) is 0 Å². The SMILES string of the molecule is NC(=O)NCC1CCCN(C(=O)[C@H](N)c2ccccc2)C1. The summed E-state index contributed by atoms with van der Waals surface area (Å²) in [6.45, 7) is 1.83. The van der Waals surface area contributed by atoms with Crippen molar-refractivity contribution < 1.29 is 9.59 Å². The van der Waals surface area contributed by atoms with Crippen molar-refractivity contribution in [3.05, 3.63) is 35.9 Å². The number of piperidine rings is 1. The fourth-order valence-electron chi connectivity index (χ4n) is 2.68. The molecule has 1 saturated heterocycles. The van der Waals surface area contributed by atoms with Crippen LogP contribution in [0.2, 0.25) is 0 Å². The van der Waals surface area contributed by atoms with E-state index in [1.807, 2.05) is 30.3 Å². The van der Waals surface area contributed by atoms with Crippen LogP contribution in [0.3, 0.4) is 0 Å². The van der Waals surface area contributed by atoms with E-state index in [0.717, 1.165) is 18.4 Å². The van der Waals surface area contributed by atoms with E-state index in [1.165, 1.54) is 0 Å². The molecule has 1 heterocycles. The third kappa shape index (κ3) is 4.19. The van der Waals surface area contributed by atoms with Gasteiger partial charge in [0.05, 0.1) is 0 Å². The number of hydrogen-bond acceptors (Lipinski definition) is 3. The van der Waals surface area contributed by atoms with E-state index in [-0.39, 0.29) is 11.8 Å². The lowest BCUT2D eigenvalue weighted by Gasteiger charge is -2.34. The predicted molar refractivity (Wildman–Crippen MR) is 80.3 cm³/mol. The van der Waals surface area contributed by atoms with Crippen LogP contribution in [0.25, 0.3) is 0 Å². The third-order valence-electron chi connectivity index (χ3n) is 3.82. The molecule has 1 aliphatic rings. The number of likely N-dealkylation sites (tertiary alicyclic amines) is 1. The average Bonchev–Trinajstić information content (AvgIpc) is 2.52. The quantitative estimate of drug-likeness (QED) is 0.756. The number of benzene rings is 1. The summed E-state index contributed by atoms with van der Waals surface area (Å²) in [6.07, 6.45) is 1.89. The Balaban J connectivity index is 1.94. The lowest BCUT2D eigenvalue weighted by molar-refractivity contribution is -0.134. The first-order valence-electron chi connectivity index (χ1n) is 7.20. The predicted octanol–water partition coefficient (Wildman–Crippen LogP) is 0.593. The van der Waals surface area contributed by atoms with Crippen molar-refractivity contribution in [2.75, 3.05) is 19.6 Å². The smallest absolute Gasteiger partial charge is 0.312 e. The maximum atomic E-state index is 12.5. The van der Waals surface area contributed by atoms with Gasteiger partial charge in [-0.2, -0.15) is 0 Å². The number of primary amides is 1. The molecule has 5 N–H and O–H groups in total. The van der Waals surface area contributed by atoms with Crippen molar-refractivity contribution in [3.8, 4) is 0 Å². The molecule has 2 atom stereocenters. The molecular weight excluding hydrogens is 268 g/mol. The monoisotopic (exact) mass is 290 g/mol. The van der Waals surface area contributed by atoms with E-state index in [0.29, 0.717) is 19.6 Å². The summed E-state index contributed by atoms with van der Waals surface area (Å²) >= 11 is 0. The molecule has 6 heteroatoms. The zero-order valence-electron chi connectivity index (χ0n) is 12.0. The van der Waals surface area contributed by atoms with Gasteiger partial charge in [-0.3, -0.25) is 4.79 Å². The first kappa shape index (κ1) is 15.3. The van der Waals surface area contributed by atoms with E-state index in [2.05, 4.69) is 5.32 Å². The molecule has 1 unspecified atom stereocenters. The number of nitrogens with one attached hydrogen (secondary N) is 1. The Kier molecular flexibility index (Phi) is 5.16. The topological polar surface area (TPSA) is 101 Å². The van der Waals surface area contributed by atoms with Gasteiger partial charge in [0.25, 0.3) is 0 Å². The van der Waals surface area contributed by atoms with Crippen LogP contribution in [0.15, 0.2) is 30.3 Å². The second kappa shape index (κ2) is 7.08. The Morgan fingerprint density at radius 1 is 1.33 bits per heavy atom. The molecule has 1 aromatic carbocycles. The summed E-state index contributed by atoms with van der Waals surface area (Å²) in [6, 6.07) is 8.20. The van der Waals surface area contributed by atoms with E-state index in [9.17, 15) is 9.59 Å². The number of urea groups is 1. The van der Waals surface area contributed by atoms with Crippen LogP contribution in [0.4, 0.5) is 4.79 Å². The van der Waals surface area contributed by atoms with Gasteiger partial charge >= 0.3 is 6.03 Å². The van der Waals surface area contributed by atoms with Crippen LogP contribution in [0.1, 0.15) is 24.4 Å². The highest BCUT2D eigenvalue weighted by Gasteiger charge is 2.27. The van der Waals surface area contributed by atoms with Gasteiger partial charge < -0.3 is 21.7 Å². The maximum absolute atomic E-state index is 12.5. The van der Waals surface area contributed by atoms with Crippen LogP contribution >= 0.6 is 0 Å². The van der Waals surface area contributed by atoms with Crippen LogP contribution in [0.5, 0.6) is 0 Å². The highest BCUT2D eigenvalue weighted by molar-refractivity contribution is 5.83.